The molecule has 1 fully saturated rings. The molecule has 2 aromatic rings. The van der Waals surface area contributed by atoms with Crippen LogP contribution in [0.3, 0.4) is 0 Å². The maximum atomic E-state index is 5.22. The third-order valence-corrected chi connectivity index (χ3v) is 4.74. The van der Waals surface area contributed by atoms with Gasteiger partial charge < -0.3 is 4.74 Å². The van der Waals surface area contributed by atoms with Crippen molar-refractivity contribution in [2.75, 3.05) is 21.2 Å². The maximum Gasteiger partial charge on any atom is 0.176 e. The highest BCUT2D eigenvalue weighted by Gasteiger charge is 2.41. The van der Waals surface area contributed by atoms with Crippen LogP contribution in [-0.4, -0.2) is 46.3 Å². The zero-order valence-corrected chi connectivity index (χ0v) is 13.5. The third kappa shape index (κ3) is 2.47. The Kier molecular flexibility index (Phi) is 4.11. The van der Waals surface area contributed by atoms with Crippen molar-refractivity contribution in [3.8, 4) is 11.4 Å². The highest BCUT2D eigenvalue weighted by molar-refractivity contribution is 5.37. The molecule has 0 N–H and O–H groups in total. The third-order valence-electron chi connectivity index (χ3n) is 4.74. The van der Waals surface area contributed by atoms with Gasteiger partial charge in [0.1, 0.15) is 5.75 Å². The number of hydrogen-bond acceptors (Lipinski definition) is 5. The van der Waals surface area contributed by atoms with Crippen LogP contribution in [0.4, 0.5) is 0 Å². The van der Waals surface area contributed by atoms with Gasteiger partial charge in [-0.15, -0.1) is 5.10 Å². The first-order valence-electron chi connectivity index (χ1n) is 7.78. The number of nitrogens with zero attached hydrogens (tertiary/aromatic N) is 5. The molecule has 0 bridgehead atoms. The standard InChI is InChI=1S/C16H23N5O/c1-20(2)16(11-5-4-6-12-16)15-17-18-19-21(15)13-7-9-14(22-3)10-8-13/h7-10H,4-6,11-12H2,1-3H3. The lowest BCUT2D eigenvalue weighted by Gasteiger charge is -2.41. The summed E-state index contributed by atoms with van der Waals surface area (Å²) in [6.07, 6.45) is 5.91. The summed E-state index contributed by atoms with van der Waals surface area (Å²) in [4.78, 5) is 2.28. The molecule has 0 aliphatic heterocycles. The Morgan fingerprint density at radius 2 is 1.77 bits per heavy atom. The molecule has 1 saturated carbocycles. The van der Waals surface area contributed by atoms with Crippen molar-refractivity contribution in [1.82, 2.24) is 25.1 Å². The molecular weight excluding hydrogens is 278 g/mol. The largest absolute Gasteiger partial charge is 0.497 e. The van der Waals surface area contributed by atoms with Gasteiger partial charge in [0, 0.05) is 0 Å². The monoisotopic (exact) mass is 301 g/mol. The van der Waals surface area contributed by atoms with Crippen LogP contribution in [-0.2, 0) is 5.54 Å². The second kappa shape index (κ2) is 6.04. The molecule has 22 heavy (non-hydrogen) atoms. The fraction of sp³-hybridized carbons (Fsp3) is 0.562. The molecule has 0 saturated heterocycles. The summed E-state index contributed by atoms with van der Waals surface area (Å²) in [5.74, 6) is 1.76. The van der Waals surface area contributed by atoms with Gasteiger partial charge in [-0.1, -0.05) is 19.3 Å². The lowest BCUT2D eigenvalue weighted by atomic mass is 9.80. The number of rotatable bonds is 4. The van der Waals surface area contributed by atoms with E-state index in [0.29, 0.717) is 0 Å². The van der Waals surface area contributed by atoms with Gasteiger partial charge in [-0.25, -0.2) is 0 Å². The molecule has 0 amide bonds. The Morgan fingerprint density at radius 3 is 2.36 bits per heavy atom. The van der Waals surface area contributed by atoms with Crippen molar-refractivity contribution in [2.45, 2.75) is 37.6 Å². The van der Waals surface area contributed by atoms with Crippen molar-refractivity contribution in [2.24, 2.45) is 0 Å². The molecule has 1 aliphatic rings. The van der Waals surface area contributed by atoms with E-state index >= 15 is 0 Å². The lowest BCUT2D eigenvalue weighted by molar-refractivity contribution is 0.0865. The fourth-order valence-electron chi connectivity index (χ4n) is 3.38. The predicted octanol–water partition coefficient (Wildman–Crippen LogP) is 2.39. The van der Waals surface area contributed by atoms with Gasteiger partial charge >= 0.3 is 0 Å². The van der Waals surface area contributed by atoms with E-state index in [1.807, 2.05) is 28.9 Å². The smallest absolute Gasteiger partial charge is 0.176 e. The first-order valence-corrected chi connectivity index (χ1v) is 7.78. The average molecular weight is 301 g/mol. The molecule has 1 aromatic carbocycles. The fourth-order valence-corrected chi connectivity index (χ4v) is 3.38. The van der Waals surface area contributed by atoms with Crippen molar-refractivity contribution < 1.29 is 4.74 Å². The summed E-state index contributed by atoms with van der Waals surface area (Å²) in [5.41, 5.74) is 0.884. The summed E-state index contributed by atoms with van der Waals surface area (Å²) in [7, 11) is 5.91. The molecule has 118 valence electrons. The van der Waals surface area contributed by atoms with Crippen molar-refractivity contribution in [3.05, 3.63) is 30.1 Å². The van der Waals surface area contributed by atoms with E-state index in [2.05, 4.69) is 34.5 Å². The first kappa shape index (κ1) is 15.0. The number of hydrogen-bond donors (Lipinski definition) is 0. The van der Waals surface area contributed by atoms with Gasteiger partial charge in [0.2, 0.25) is 0 Å². The number of benzene rings is 1. The molecular formula is C16H23N5O. The van der Waals surface area contributed by atoms with Gasteiger partial charge in [0.25, 0.3) is 0 Å². The van der Waals surface area contributed by atoms with Crippen molar-refractivity contribution in [3.63, 3.8) is 0 Å². The topological polar surface area (TPSA) is 56.1 Å². The minimum Gasteiger partial charge on any atom is -0.497 e. The second-order valence-electron chi connectivity index (χ2n) is 6.10. The number of methoxy groups -OCH3 is 1. The summed E-state index contributed by atoms with van der Waals surface area (Å²) in [6.45, 7) is 0. The highest BCUT2D eigenvalue weighted by Crippen LogP contribution is 2.40. The SMILES string of the molecule is COc1ccc(-n2nnnc2C2(N(C)C)CCCCC2)cc1. The molecule has 6 nitrogen and oxygen atoms in total. The van der Waals surface area contributed by atoms with Gasteiger partial charge in [-0.3, -0.25) is 4.90 Å². The van der Waals surface area contributed by atoms with Crippen LogP contribution in [0.2, 0.25) is 0 Å². The van der Waals surface area contributed by atoms with Crippen molar-refractivity contribution >= 4 is 0 Å². The van der Waals surface area contributed by atoms with Crippen LogP contribution in [0.1, 0.15) is 37.9 Å². The van der Waals surface area contributed by atoms with E-state index in [0.717, 1.165) is 30.1 Å². The molecule has 1 heterocycles. The number of aromatic nitrogens is 4. The zero-order chi connectivity index (χ0) is 15.6. The van der Waals surface area contributed by atoms with Gasteiger partial charge in [0.15, 0.2) is 5.82 Å². The lowest BCUT2D eigenvalue weighted by Crippen LogP contribution is -2.45. The summed E-state index contributed by atoms with van der Waals surface area (Å²) in [6, 6.07) is 7.85. The Labute approximate surface area is 131 Å². The molecule has 0 atom stereocenters. The number of ether oxygens (including phenoxy) is 1. The van der Waals surface area contributed by atoms with Gasteiger partial charge in [0.05, 0.1) is 18.3 Å². The average Bonchev–Trinajstić information content (AvgIpc) is 3.05. The minimum absolute atomic E-state index is 0.0817. The van der Waals surface area contributed by atoms with E-state index in [1.54, 1.807) is 7.11 Å². The summed E-state index contributed by atoms with van der Waals surface area (Å²) in [5, 5.41) is 12.6. The predicted molar refractivity (Wildman–Crippen MR) is 84.2 cm³/mol. The quantitative estimate of drug-likeness (QED) is 0.868. The Morgan fingerprint density at radius 1 is 1.09 bits per heavy atom. The van der Waals surface area contributed by atoms with E-state index in [-0.39, 0.29) is 5.54 Å². The summed E-state index contributed by atoms with van der Waals surface area (Å²) >= 11 is 0. The van der Waals surface area contributed by atoms with Gasteiger partial charge in [-0.2, -0.15) is 4.68 Å². The molecule has 6 heteroatoms. The Balaban J connectivity index is 2.02. The number of tetrazole rings is 1. The van der Waals surface area contributed by atoms with Crippen LogP contribution in [0, 0.1) is 0 Å². The maximum absolute atomic E-state index is 5.22. The van der Waals surface area contributed by atoms with Crippen LogP contribution in [0.5, 0.6) is 5.75 Å². The van der Waals surface area contributed by atoms with Crippen LogP contribution < -0.4 is 4.74 Å². The van der Waals surface area contributed by atoms with E-state index < -0.39 is 0 Å². The molecule has 1 aliphatic carbocycles. The normalized spacial score (nSPS) is 17.6. The zero-order valence-electron chi connectivity index (χ0n) is 13.5. The van der Waals surface area contributed by atoms with Crippen LogP contribution in [0.25, 0.3) is 5.69 Å². The second-order valence-corrected chi connectivity index (χ2v) is 6.10. The van der Waals surface area contributed by atoms with Crippen LogP contribution >= 0.6 is 0 Å². The van der Waals surface area contributed by atoms with E-state index in [4.69, 9.17) is 4.74 Å². The summed E-state index contributed by atoms with van der Waals surface area (Å²) < 4.78 is 7.09. The van der Waals surface area contributed by atoms with Crippen LogP contribution in [0.15, 0.2) is 24.3 Å². The van der Waals surface area contributed by atoms with Crippen molar-refractivity contribution in [1.29, 1.82) is 0 Å². The molecule has 0 unspecified atom stereocenters. The molecule has 1 aromatic heterocycles. The Hall–Kier alpha value is -1.95. The van der Waals surface area contributed by atoms with Gasteiger partial charge in [-0.05, 0) is 61.6 Å². The molecule has 0 spiro atoms. The Bertz CT molecular complexity index is 614. The van der Waals surface area contributed by atoms with E-state index in [1.165, 1.54) is 19.3 Å². The molecule has 3 rings (SSSR count). The van der Waals surface area contributed by atoms with E-state index in [9.17, 15) is 0 Å². The highest BCUT2D eigenvalue weighted by atomic mass is 16.5. The molecule has 0 radical (unpaired) electrons. The minimum atomic E-state index is -0.0817. The first-order chi connectivity index (χ1) is 10.7.